The van der Waals surface area contributed by atoms with Crippen molar-refractivity contribution in [1.82, 2.24) is 9.97 Å². The molecular weight excluding hydrogens is 256 g/mol. The molecule has 96 valence electrons. The molecule has 1 aromatic rings. The lowest BCUT2D eigenvalue weighted by Gasteiger charge is -2.32. The summed E-state index contributed by atoms with van der Waals surface area (Å²) in [6, 6.07) is 1.99. The predicted octanol–water partition coefficient (Wildman–Crippen LogP) is 1.80. The average Bonchev–Trinajstić information content (AvgIpc) is 2.39. The second-order valence-electron chi connectivity index (χ2n) is 4.07. The van der Waals surface area contributed by atoms with Gasteiger partial charge in [0.25, 0.3) is 0 Å². The third-order valence-electron chi connectivity index (χ3n) is 3.07. The lowest BCUT2D eigenvalue weighted by atomic mass is 9.97. The van der Waals surface area contributed by atoms with Crippen LogP contribution >= 0.6 is 24.2 Å². The first kappa shape index (κ1) is 14.5. The fourth-order valence-corrected chi connectivity index (χ4v) is 2.36. The van der Waals surface area contributed by atoms with Crippen LogP contribution in [0.2, 0.25) is 0 Å². The van der Waals surface area contributed by atoms with Crippen LogP contribution in [0, 0.1) is 5.92 Å². The van der Waals surface area contributed by atoms with Crippen molar-refractivity contribution < 1.29 is 0 Å². The second-order valence-corrected chi connectivity index (χ2v) is 4.84. The minimum Gasteiger partial charge on any atom is -0.356 e. The van der Waals surface area contributed by atoms with Gasteiger partial charge in [-0.05, 0) is 37.6 Å². The van der Waals surface area contributed by atoms with Gasteiger partial charge in [-0.1, -0.05) is 11.8 Å². The van der Waals surface area contributed by atoms with Crippen LogP contribution < -0.4 is 10.6 Å². The van der Waals surface area contributed by atoms with E-state index >= 15 is 0 Å². The van der Waals surface area contributed by atoms with Gasteiger partial charge in [-0.3, -0.25) is 0 Å². The normalized spacial score (nSPS) is 16.7. The molecular formula is C11H19ClN4S. The van der Waals surface area contributed by atoms with E-state index in [0.717, 1.165) is 30.6 Å². The molecule has 4 nitrogen and oxygen atoms in total. The molecule has 0 aliphatic carbocycles. The number of aromatic nitrogens is 2. The summed E-state index contributed by atoms with van der Waals surface area (Å²) in [6.45, 7) is 2.94. The van der Waals surface area contributed by atoms with Crippen molar-refractivity contribution in [3.63, 3.8) is 0 Å². The van der Waals surface area contributed by atoms with Gasteiger partial charge in [0.15, 0.2) is 5.16 Å². The molecule has 17 heavy (non-hydrogen) atoms. The number of anilines is 1. The third-order valence-corrected chi connectivity index (χ3v) is 3.64. The monoisotopic (exact) mass is 274 g/mol. The Balaban J connectivity index is 0.00000144. The van der Waals surface area contributed by atoms with E-state index in [0.29, 0.717) is 5.92 Å². The van der Waals surface area contributed by atoms with Crippen LogP contribution in [-0.4, -0.2) is 35.9 Å². The van der Waals surface area contributed by atoms with Gasteiger partial charge in [-0.25, -0.2) is 9.97 Å². The molecule has 1 fully saturated rings. The zero-order valence-corrected chi connectivity index (χ0v) is 11.6. The standard InChI is InChI=1S/C11H18N4S.ClH/c1-16-11-13-5-2-10(14-11)15-6-3-9(8-12)4-7-15;/h2,5,9H,3-4,6-8,12H2,1H3;1H. The molecule has 2 N–H and O–H groups in total. The van der Waals surface area contributed by atoms with Crippen molar-refractivity contribution >= 4 is 30.0 Å². The highest BCUT2D eigenvalue weighted by Gasteiger charge is 2.19. The second kappa shape index (κ2) is 7.03. The van der Waals surface area contributed by atoms with Crippen molar-refractivity contribution in [2.45, 2.75) is 18.0 Å². The highest BCUT2D eigenvalue weighted by Crippen LogP contribution is 2.22. The van der Waals surface area contributed by atoms with Gasteiger partial charge in [0, 0.05) is 19.3 Å². The van der Waals surface area contributed by atoms with E-state index in [1.807, 2.05) is 18.5 Å². The zero-order valence-electron chi connectivity index (χ0n) is 10.0. The van der Waals surface area contributed by atoms with Crippen molar-refractivity contribution in [3.8, 4) is 0 Å². The number of hydrogen-bond acceptors (Lipinski definition) is 5. The Morgan fingerprint density at radius 2 is 2.18 bits per heavy atom. The van der Waals surface area contributed by atoms with E-state index in [4.69, 9.17) is 5.73 Å². The summed E-state index contributed by atoms with van der Waals surface area (Å²) in [5.74, 6) is 1.74. The molecule has 2 heterocycles. The highest BCUT2D eigenvalue weighted by atomic mass is 35.5. The molecule has 0 bridgehead atoms. The van der Waals surface area contributed by atoms with E-state index in [2.05, 4.69) is 14.9 Å². The van der Waals surface area contributed by atoms with Gasteiger partial charge < -0.3 is 10.6 Å². The van der Waals surface area contributed by atoms with Crippen molar-refractivity contribution in [1.29, 1.82) is 0 Å². The van der Waals surface area contributed by atoms with E-state index in [9.17, 15) is 0 Å². The summed E-state index contributed by atoms with van der Waals surface area (Å²) in [5, 5.41) is 0.846. The number of nitrogens with zero attached hydrogens (tertiary/aromatic N) is 3. The molecule has 2 rings (SSSR count). The summed E-state index contributed by atoms with van der Waals surface area (Å²) in [5.41, 5.74) is 5.69. The predicted molar refractivity (Wildman–Crippen MR) is 75.1 cm³/mol. The molecule has 0 aromatic carbocycles. The van der Waals surface area contributed by atoms with Gasteiger partial charge in [0.05, 0.1) is 0 Å². The van der Waals surface area contributed by atoms with E-state index in [1.165, 1.54) is 12.8 Å². The van der Waals surface area contributed by atoms with Crippen molar-refractivity contribution in [3.05, 3.63) is 12.3 Å². The molecule has 0 atom stereocenters. The molecule has 0 unspecified atom stereocenters. The molecule has 1 saturated heterocycles. The van der Waals surface area contributed by atoms with Crippen LogP contribution in [0.25, 0.3) is 0 Å². The van der Waals surface area contributed by atoms with Crippen LogP contribution in [0.4, 0.5) is 5.82 Å². The lowest BCUT2D eigenvalue weighted by Crippen LogP contribution is -2.36. The highest BCUT2D eigenvalue weighted by molar-refractivity contribution is 7.98. The fourth-order valence-electron chi connectivity index (χ4n) is 2.00. The molecule has 1 aliphatic rings. The molecule has 1 aromatic heterocycles. The fraction of sp³-hybridized carbons (Fsp3) is 0.636. The minimum atomic E-state index is 0. The molecule has 0 amide bonds. The summed E-state index contributed by atoms with van der Waals surface area (Å²) < 4.78 is 0. The lowest BCUT2D eigenvalue weighted by molar-refractivity contribution is 0.412. The van der Waals surface area contributed by atoms with Crippen LogP contribution in [0.15, 0.2) is 17.4 Å². The van der Waals surface area contributed by atoms with Gasteiger partial charge >= 0.3 is 0 Å². The number of nitrogens with two attached hydrogens (primary N) is 1. The Bertz CT molecular complexity index is 342. The first-order chi connectivity index (χ1) is 7.83. The van der Waals surface area contributed by atoms with Crippen LogP contribution in [0.1, 0.15) is 12.8 Å². The van der Waals surface area contributed by atoms with Crippen LogP contribution in [-0.2, 0) is 0 Å². The Morgan fingerprint density at radius 3 is 2.76 bits per heavy atom. The van der Waals surface area contributed by atoms with Gasteiger partial charge in [-0.15, -0.1) is 12.4 Å². The number of hydrogen-bond donors (Lipinski definition) is 1. The van der Waals surface area contributed by atoms with Crippen molar-refractivity contribution in [2.75, 3.05) is 30.8 Å². The number of halogens is 1. The summed E-state index contributed by atoms with van der Waals surface area (Å²) in [4.78, 5) is 11.0. The topological polar surface area (TPSA) is 55.0 Å². The summed E-state index contributed by atoms with van der Waals surface area (Å²) in [7, 11) is 0. The largest absolute Gasteiger partial charge is 0.356 e. The molecule has 0 spiro atoms. The summed E-state index contributed by atoms with van der Waals surface area (Å²) in [6.07, 6.45) is 6.19. The van der Waals surface area contributed by atoms with E-state index in [-0.39, 0.29) is 12.4 Å². The number of piperidine rings is 1. The first-order valence-electron chi connectivity index (χ1n) is 5.65. The zero-order chi connectivity index (χ0) is 11.4. The molecule has 6 heteroatoms. The average molecular weight is 275 g/mol. The van der Waals surface area contributed by atoms with Crippen LogP contribution in [0.5, 0.6) is 0 Å². The molecule has 0 radical (unpaired) electrons. The first-order valence-corrected chi connectivity index (χ1v) is 6.88. The Labute approximate surface area is 113 Å². The SMILES string of the molecule is CSc1nccc(N2CCC(CN)CC2)n1.Cl. The van der Waals surface area contributed by atoms with Gasteiger partial charge in [0.1, 0.15) is 5.82 Å². The van der Waals surface area contributed by atoms with E-state index < -0.39 is 0 Å². The Morgan fingerprint density at radius 1 is 1.47 bits per heavy atom. The molecule has 1 aliphatic heterocycles. The summed E-state index contributed by atoms with van der Waals surface area (Å²) >= 11 is 1.58. The maximum absolute atomic E-state index is 5.69. The Kier molecular flexibility index (Phi) is 6.02. The van der Waals surface area contributed by atoms with Crippen molar-refractivity contribution in [2.24, 2.45) is 11.7 Å². The van der Waals surface area contributed by atoms with Gasteiger partial charge in [0.2, 0.25) is 0 Å². The Hall–Kier alpha value is -0.520. The quantitative estimate of drug-likeness (QED) is 0.673. The van der Waals surface area contributed by atoms with Gasteiger partial charge in [-0.2, -0.15) is 0 Å². The number of thioether (sulfide) groups is 1. The third kappa shape index (κ3) is 3.72. The minimum absolute atomic E-state index is 0. The maximum Gasteiger partial charge on any atom is 0.189 e. The van der Waals surface area contributed by atoms with E-state index in [1.54, 1.807) is 11.8 Å². The molecule has 0 saturated carbocycles. The number of rotatable bonds is 3. The maximum atomic E-state index is 5.69. The smallest absolute Gasteiger partial charge is 0.189 e. The van der Waals surface area contributed by atoms with Crippen LogP contribution in [0.3, 0.4) is 0 Å².